The Morgan fingerprint density at radius 3 is 2.41 bits per heavy atom. The lowest BCUT2D eigenvalue weighted by atomic mass is 9.99. The summed E-state index contributed by atoms with van der Waals surface area (Å²) in [7, 11) is 0. The number of amides is 1. The molecule has 1 aliphatic rings. The van der Waals surface area contributed by atoms with Gasteiger partial charge in [-0.15, -0.1) is 0 Å². The van der Waals surface area contributed by atoms with Crippen LogP contribution in [0.3, 0.4) is 0 Å². The van der Waals surface area contributed by atoms with Gasteiger partial charge in [0.25, 0.3) is 11.6 Å². The summed E-state index contributed by atoms with van der Waals surface area (Å²) in [6.07, 6.45) is 0. The van der Waals surface area contributed by atoms with Crippen molar-refractivity contribution in [2.45, 2.75) is 32.3 Å². The van der Waals surface area contributed by atoms with Crippen LogP contribution >= 0.6 is 11.8 Å². The average molecular weight is 408 g/mol. The van der Waals surface area contributed by atoms with Crippen molar-refractivity contribution in [3.05, 3.63) is 80.0 Å². The fraction of sp³-hybridized carbons (Fsp3) is 0.238. The number of benzene rings is 2. The fourth-order valence-electron chi connectivity index (χ4n) is 3.75. The third-order valence-electron chi connectivity index (χ3n) is 4.99. The van der Waals surface area contributed by atoms with Crippen molar-refractivity contribution in [1.29, 1.82) is 0 Å². The zero-order valence-corrected chi connectivity index (χ0v) is 17.2. The highest BCUT2D eigenvalue weighted by atomic mass is 32.2. The van der Waals surface area contributed by atoms with E-state index >= 15 is 0 Å². The van der Waals surface area contributed by atoms with Crippen LogP contribution < -0.4 is 5.32 Å². The molecule has 2 heterocycles. The first kappa shape index (κ1) is 19.2. The maximum atomic E-state index is 13.1. The molecule has 0 aliphatic carbocycles. The second-order valence-corrected chi connectivity index (χ2v) is 8.17. The lowest BCUT2D eigenvalue weighted by Gasteiger charge is -2.14. The Labute approximate surface area is 172 Å². The summed E-state index contributed by atoms with van der Waals surface area (Å²) in [6.45, 7) is 5.88. The van der Waals surface area contributed by atoms with E-state index in [1.807, 2.05) is 32.9 Å². The molecule has 4 rings (SSSR count). The van der Waals surface area contributed by atoms with Gasteiger partial charge in [-0.05, 0) is 44.0 Å². The van der Waals surface area contributed by atoms with E-state index in [4.69, 9.17) is 0 Å². The number of hydrogen-bond donors (Lipinski definition) is 1. The molecule has 0 spiro atoms. The van der Waals surface area contributed by atoms with E-state index in [1.165, 1.54) is 12.1 Å². The van der Waals surface area contributed by atoms with Crippen LogP contribution in [0.2, 0.25) is 0 Å². The van der Waals surface area contributed by atoms with Crippen LogP contribution in [-0.2, 0) is 11.5 Å². The summed E-state index contributed by atoms with van der Waals surface area (Å²) in [5.41, 5.74) is 6.24. The number of carbonyl (C=O) groups is 1. The molecule has 3 aromatic rings. The Hall–Kier alpha value is -3.13. The van der Waals surface area contributed by atoms with Crippen molar-refractivity contribution in [2.75, 3.05) is 5.32 Å². The van der Waals surface area contributed by atoms with E-state index in [9.17, 15) is 14.9 Å². The molecule has 8 heteroatoms. The molecule has 0 atom stereocenters. The predicted molar refractivity (Wildman–Crippen MR) is 114 cm³/mol. The molecule has 1 aliphatic heterocycles. The number of nitro benzene ring substituents is 1. The maximum absolute atomic E-state index is 13.1. The molecular weight excluding hydrogens is 388 g/mol. The SMILES string of the molecule is Cc1cc(C)c(C(=O)Nc2c3c(nn2-c2ccc([N+](=O)[O-])cc2)CSC3)c(C)c1. The molecule has 0 fully saturated rings. The highest BCUT2D eigenvalue weighted by Gasteiger charge is 2.26. The average Bonchev–Trinajstić information content (AvgIpc) is 3.23. The minimum absolute atomic E-state index is 0.0143. The second kappa shape index (κ2) is 7.36. The van der Waals surface area contributed by atoms with Gasteiger partial charge in [-0.2, -0.15) is 16.9 Å². The number of nitrogens with zero attached hydrogens (tertiary/aromatic N) is 3. The van der Waals surface area contributed by atoms with Crippen LogP contribution in [0.25, 0.3) is 5.69 Å². The molecule has 148 valence electrons. The molecule has 0 saturated heterocycles. The zero-order valence-electron chi connectivity index (χ0n) is 16.4. The third-order valence-corrected chi connectivity index (χ3v) is 5.96. The largest absolute Gasteiger partial charge is 0.306 e. The highest BCUT2D eigenvalue weighted by Crippen LogP contribution is 2.36. The molecular formula is C21H20N4O3S. The quantitative estimate of drug-likeness (QED) is 0.499. The molecule has 2 aromatic carbocycles. The summed E-state index contributed by atoms with van der Waals surface area (Å²) in [6, 6.07) is 10.2. The summed E-state index contributed by atoms with van der Waals surface area (Å²) in [4.78, 5) is 23.7. The Balaban J connectivity index is 1.74. The van der Waals surface area contributed by atoms with Crippen LogP contribution in [0.15, 0.2) is 36.4 Å². The number of fused-ring (bicyclic) bond motifs is 1. The number of nitrogens with one attached hydrogen (secondary N) is 1. The van der Waals surface area contributed by atoms with E-state index in [1.54, 1.807) is 28.6 Å². The molecule has 1 aromatic heterocycles. The van der Waals surface area contributed by atoms with Crippen molar-refractivity contribution in [3.63, 3.8) is 0 Å². The van der Waals surface area contributed by atoms with Crippen molar-refractivity contribution in [3.8, 4) is 5.69 Å². The summed E-state index contributed by atoms with van der Waals surface area (Å²) in [5.74, 6) is 2.00. The first-order chi connectivity index (χ1) is 13.8. The lowest BCUT2D eigenvalue weighted by molar-refractivity contribution is -0.384. The number of anilines is 1. The molecule has 29 heavy (non-hydrogen) atoms. The van der Waals surface area contributed by atoms with Gasteiger partial charge in [0, 0.05) is 34.8 Å². The molecule has 0 unspecified atom stereocenters. The molecule has 0 radical (unpaired) electrons. The van der Waals surface area contributed by atoms with Gasteiger partial charge in [0.15, 0.2) is 0 Å². The van der Waals surface area contributed by atoms with Crippen LogP contribution in [0.1, 0.15) is 38.3 Å². The van der Waals surface area contributed by atoms with Gasteiger partial charge in [0.1, 0.15) is 5.82 Å². The summed E-state index contributed by atoms with van der Waals surface area (Å²) in [5, 5.41) is 18.7. The molecule has 1 amide bonds. The summed E-state index contributed by atoms with van der Waals surface area (Å²) < 4.78 is 1.67. The number of aromatic nitrogens is 2. The van der Waals surface area contributed by atoms with Gasteiger partial charge in [-0.3, -0.25) is 14.9 Å². The Bertz CT molecular complexity index is 1110. The Morgan fingerprint density at radius 1 is 1.14 bits per heavy atom. The Morgan fingerprint density at radius 2 is 1.79 bits per heavy atom. The number of non-ortho nitro benzene ring substituents is 1. The molecule has 0 saturated carbocycles. The lowest BCUT2D eigenvalue weighted by Crippen LogP contribution is -2.18. The van der Waals surface area contributed by atoms with Crippen molar-refractivity contribution in [1.82, 2.24) is 9.78 Å². The van der Waals surface area contributed by atoms with E-state index in [-0.39, 0.29) is 11.6 Å². The number of thioether (sulfide) groups is 1. The van der Waals surface area contributed by atoms with Crippen molar-refractivity contribution < 1.29 is 9.72 Å². The standard InChI is InChI=1S/C21H20N4O3S/c1-12-8-13(2)19(14(3)9-12)21(26)22-20-17-10-29-11-18(17)23-24(20)15-4-6-16(7-5-15)25(27)28/h4-9H,10-11H2,1-3H3,(H,22,26). The smallest absolute Gasteiger partial charge is 0.269 e. The maximum Gasteiger partial charge on any atom is 0.269 e. The van der Waals surface area contributed by atoms with E-state index in [0.717, 1.165) is 39.5 Å². The first-order valence-corrected chi connectivity index (χ1v) is 10.3. The van der Waals surface area contributed by atoms with Gasteiger partial charge in [0.05, 0.1) is 16.3 Å². The number of carbonyl (C=O) groups excluding carboxylic acids is 1. The molecule has 0 bridgehead atoms. The number of aryl methyl sites for hydroxylation is 3. The second-order valence-electron chi connectivity index (χ2n) is 7.18. The van der Waals surface area contributed by atoms with Gasteiger partial charge in [-0.25, -0.2) is 4.68 Å². The van der Waals surface area contributed by atoms with Crippen LogP contribution in [0.4, 0.5) is 11.5 Å². The Kier molecular flexibility index (Phi) is 4.87. The van der Waals surface area contributed by atoms with Gasteiger partial charge in [-0.1, -0.05) is 17.7 Å². The van der Waals surface area contributed by atoms with E-state index < -0.39 is 4.92 Å². The number of hydrogen-bond acceptors (Lipinski definition) is 5. The van der Waals surface area contributed by atoms with Crippen LogP contribution in [-0.4, -0.2) is 20.6 Å². The fourth-order valence-corrected chi connectivity index (χ4v) is 4.79. The van der Waals surface area contributed by atoms with E-state index in [0.29, 0.717) is 17.1 Å². The summed E-state index contributed by atoms with van der Waals surface area (Å²) >= 11 is 1.75. The van der Waals surface area contributed by atoms with E-state index in [2.05, 4.69) is 10.4 Å². The number of rotatable bonds is 4. The van der Waals surface area contributed by atoms with Crippen LogP contribution in [0, 0.1) is 30.9 Å². The third kappa shape index (κ3) is 3.51. The highest BCUT2D eigenvalue weighted by molar-refractivity contribution is 7.98. The minimum atomic E-state index is -0.435. The normalized spacial score (nSPS) is 12.7. The molecule has 7 nitrogen and oxygen atoms in total. The van der Waals surface area contributed by atoms with Crippen molar-refractivity contribution >= 4 is 29.2 Å². The first-order valence-electron chi connectivity index (χ1n) is 9.17. The van der Waals surface area contributed by atoms with Crippen LogP contribution in [0.5, 0.6) is 0 Å². The van der Waals surface area contributed by atoms with Gasteiger partial charge >= 0.3 is 0 Å². The molecule has 1 N–H and O–H groups in total. The zero-order chi connectivity index (χ0) is 20.7. The van der Waals surface area contributed by atoms with Gasteiger partial charge < -0.3 is 5.32 Å². The predicted octanol–water partition coefficient (Wildman–Crippen LogP) is 4.70. The van der Waals surface area contributed by atoms with Gasteiger partial charge in [0.2, 0.25) is 0 Å². The number of nitro groups is 1. The monoisotopic (exact) mass is 408 g/mol. The topological polar surface area (TPSA) is 90.1 Å². The van der Waals surface area contributed by atoms with Crippen molar-refractivity contribution in [2.24, 2.45) is 0 Å². The minimum Gasteiger partial charge on any atom is -0.306 e.